The molecule has 2 aromatic carbocycles. The number of primary amides is 1. The Kier molecular flexibility index (Phi) is 7.82. The number of amides is 2. The molecule has 1 atom stereocenters. The second-order valence-corrected chi connectivity index (χ2v) is 8.56. The summed E-state index contributed by atoms with van der Waals surface area (Å²) < 4.78 is 27.4. The van der Waals surface area contributed by atoms with Gasteiger partial charge in [0.05, 0.1) is 4.90 Å². The van der Waals surface area contributed by atoms with Crippen molar-refractivity contribution in [1.29, 1.82) is 0 Å². The van der Waals surface area contributed by atoms with E-state index in [1.165, 1.54) is 24.3 Å². The molecule has 0 unspecified atom stereocenters. The van der Waals surface area contributed by atoms with Gasteiger partial charge in [-0.05, 0) is 48.4 Å². The molecule has 0 heterocycles. The number of hydrogen-bond donors (Lipinski definition) is 3. The molecule has 150 valence electrons. The topological polar surface area (TPSA) is 118 Å². The van der Waals surface area contributed by atoms with Gasteiger partial charge in [-0.1, -0.05) is 35.3 Å². The highest BCUT2D eigenvalue weighted by molar-refractivity contribution is 7.89. The van der Waals surface area contributed by atoms with Gasteiger partial charge in [0, 0.05) is 23.0 Å². The zero-order valence-corrected chi connectivity index (χ0v) is 17.0. The number of rotatable bonds is 9. The maximum Gasteiger partial charge on any atom is 0.241 e. The first-order chi connectivity index (χ1) is 13.2. The first-order valence-corrected chi connectivity index (χ1v) is 10.5. The highest BCUT2D eigenvalue weighted by atomic mass is 35.5. The Morgan fingerprint density at radius 1 is 0.964 bits per heavy atom. The molecule has 2 aromatic rings. The number of carbonyl (C=O) groups excluding carboxylic acids is 2. The van der Waals surface area contributed by atoms with Gasteiger partial charge in [-0.2, -0.15) is 4.72 Å². The molecule has 0 aliphatic rings. The Labute approximate surface area is 173 Å². The minimum atomic E-state index is -4.00. The van der Waals surface area contributed by atoms with Crippen LogP contribution in [0, 0.1) is 0 Å². The van der Waals surface area contributed by atoms with Crippen molar-refractivity contribution in [3.05, 3.63) is 64.1 Å². The highest BCUT2D eigenvalue weighted by Crippen LogP contribution is 2.15. The molecule has 0 aromatic heterocycles. The number of hydrogen-bond acceptors (Lipinski definition) is 4. The molecule has 0 fully saturated rings. The van der Waals surface area contributed by atoms with E-state index in [4.69, 9.17) is 28.9 Å². The molecule has 0 saturated heterocycles. The SMILES string of the molecule is NC(=O)CC[C@H](NS(=O)(=O)c1ccc(Cl)cc1)C(=O)NCc1ccc(Cl)cc1. The smallest absolute Gasteiger partial charge is 0.241 e. The largest absolute Gasteiger partial charge is 0.370 e. The van der Waals surface area contributed by atoms with Gasteiger partial charge < -0.3 is 11.1 Å². The van der Waals surface area contributed by atoms with E-state index in [1.807, 2.05) is 0 Å². The molecule has 4 N–H and O–H groups in total. The van der Waals surface area contributed by atoms with Crippen LogP contribution in [0.4, 0.5) is 0 Å². The zero-order chi connectivity index (χ0) is 20.7. The molecule has 2 amide bonds. The van der Waals surface area contributed by atoms with E-state index in [-0.39, 0.29) is 24.3 Å². The van der Waals surface area contributed by atoms with Gasteiger partial charge in [0.1, 0.15) is 6.04 Å². The standard InChI is InChI=1S/C18H19Cl2N3O4S/c19-13-3-1-12(2-4-13)11-22-18(25)16(9-10-17(21)24)23-28(26,27)15-7-5-14(20)6-8-15/h1-8,16,23H,9-11H2,(H2,21,24)(H,22,25)/t16-/m0/s1. The summed E-state index contributed by atoms with van der Waals surface area (Å²) in [5, 5.41) is 3.58. The van der Waals surface area contributed by atoms with Crippen molar-refractivity contribution in [2.45, 2.75) is 30.3 Å². The fourth-order valence-corrected chi connectivity index (χ4v) is 3.80. The van der Waals surface area contributed by atoms with Gasteiger partial charge >= 0.3 is 0 Å². The summed E-state index contributed by atoms with van der Waals surface area (Å²) in [6.07, 6.45) is -0.225. The van der Waals surface area contributed by atoms with Gasteiger partial charge in [-0.3, -0.25) is 9.59 Å². The van der Waals surface area contributed by atoms with Crippen LogP contribution in [0.5, 0.6) is 0 Å². The van der Waals surface area contributed by atoms with Crippen molar-refractivity contribution in [1.82, 2.24) is 10.0 Å². The number of nitrogens with one attached hydrogen (secondary N) is 2. The summed E-state index contributed by atoms with van der Waals surface area (Å²) in [5.74, 6) is -1.21. The van der Waals surface area contributed by atoms with E-state index in [9.17, 15) is 18.0 Å². The second kappa shape index (κ2) is 9.88. The van der Waals surface area contributed by atoms with Gasteiger partial charge in [0.2, 0.25) is 21.8 Å². The second-order valence-electron chi connectivity index (χ2n) is 5.98. The van der Waals surface area contributed by atoms with Crippen LogP contribution in [0.25, 0.3) is 0 Å². The van der Waals surface area contributed by atoms with E-state index < -0.39 is 27.9 Å². The van der Waals surface area contributed by atoms with E-state index in [2.05, 4.69) is 10.0 Å². The molecule has 10 heteroatoms. The van der Waals surface area contributed by atoms with E-state index >= 15 is 0 Å². The average molecular weight is 444 g/mol. The Hall–Kier alpha value is -2.13. The van der Waals surface area contributed by atoms with E-state index in [1.54, 1.807) is 24.3 Å². The number of benzene rings is 2. The van der Waals surface area contributed by atoms with Gasteiger partial charge in [-0.15, -0.1) is 0 Å². The summed E-state index contributed by atoms with van der Waals surface area (Å²) in [6.45, 7) is 0.172. The lowest BCUT2D eigenvalue weighted by Gasteiger charge is -2.18. The molecule has 7 nitrogen and oxygen atoms in total. The molecule has 0 aliphatic heterocycles. The van der Waals surface area contributed by atoms with Crippen LogP contribution in [-0.4, -0.2) is 26.3 Å². The molecule has 0 bridgehead atoms. The number of carbonyl (C=O) groups is 2. The van der Waals surface area contributed by atoms with Crippen molar-refractivity contribution in [2.24, 2.45) is 5.73 Å². The van der Waals surface area contributed by atoms with Crippen LogP contribution < -0.4 is 15.8 Å². The molecular weight excluding hydrogens is 425 g/mol. The van der Waals surface area contributed by atoms with Crippen LogP contribution in [0.2, 0.25) is 10.0 Å². The van der Waals surface area contributed by atoms with Gasteiger partial charge in [0.15, 0.2) is 0 Å². The Balaban J connectivity index is 2.11. The van der Waals surface area contributed by atoms with Crippen LogP contribution in [0.15, 0.2) is 53.4 Å². The van der Waals surface area contributed by atoms with Crippen molar-refractivity contribution >= 4 is 45.0 Å². The van der Waals surface area contributed by atoms with Crippen LogP contribution in [0.1, 0.15) is 18.4 Å². The predicted octanol–water partition coefficient (Wildman–Crippen LogP) is 2.22. The molecule has 0 spiro atoms. The van der Waals surface area contributed by atoms with Gasteiger partial charge in [0.25, 0.3) is 0 Å². The fraction of sp³-hybridized carbons (Fsp3) is 0.222. The Morgan fingerprint density at radius 2 is 1.50 bits per heavy atom. The minimum absolute atomic E-state index is 0.0496. The predicted molar refractivity (Wildman–Crippen MR) is 107 cm³/mol. The normalized spacial score (nSPS) is 12.4. The zero-order valence-electron chi connectivity index (χ0n) is 14.7. The molecule has 0 saturated carbocycles. The Morgan fingerprint density at radius 3 is 2.04 bits per heavy atom. The Bertz CT molecular complexity index is 932. The summed E-state index contributed by atoms with van der Waals surface area (Å²) in [6, 6.07) is 11.2. The molecular formula is C18H19Cl2N3O4S. The van der Waals surface area contributed by atoms with Crippen molar-refractivity contribution in [3.63, 3.8) is 0 Å². The summed E-state index contributed by atoms with van der Waals surface area (Å²) in [4.78, 5) is 23.6. The van der Waals surface area contributed by atoms with E-state index in [0.29, 0.717) is 10.0 Å². The first-order valence-electron chi connectivity index (χ1n) is 8.26. The van der Waals surface area contributed by atoms with Crippen molar-refractivity contribution in [3.8, 4) is 0 Å². The molecule has 0 radical (unpaired) electrons. The number of halogens is 2. The lowest BCUT2D eigenvalue weighted by Crippen LogP contribution is -2.46. The first kappa shape index (κ1) is 22.2. The van der Waals surface area contributed by atoms with Crippen LogP contribution in [0.3, 0.4) is 0 Å². The summed E-state index contributed by atoms with van der Waals surface area (Å²) >= 11 is 11.6. The maximum absolute atomic E-state index is 12.5. The highest BCUT2D eigenvalue weighted by Gasteiger charge is 2.26. The number of nitrogens with two attached hydrogens (primary N) is 1. The number of sulfonamides is 1. The third-order valence-electron chi connectivity index (χ3n) is 3.80. The maximum atomic E-state index is 12.5. The van der Waals surface area contributed by atoms with Crippen molar-refractivity contribution in [2.75, 3.05) is 0 Å². The summed E-state index contributed by atoms with van der Waals surface area (Å²) in [5.41, 5.74) is 5.92. The molecule has 2 rings (SSSR count). The van der Waals surface area contributed by atoms with E-state index in [0.717, 1.165) is 5.56 Å². The third-order valence-corrected chi connectivity index (χ3v) is 5.79. The minimum Gasteiger partial charge on any atom is -0.370 e. The van der Waals surface area contributed by atoms with Crippen molar-refractivity contribution < 1.29 is 18.0 Å². The molecule has 0 aliphatic carbocycles. The third kappa shape index (κ3) is 6.79. The lowest BCUT2D eigenvalue weighted by molar-refractivity contribution is -0.123. The summed E-state index contributed by atoms with van der Waals surface area (Å²) in [7, 11) is -4.00. The average Bonchev–Trinajstić information content (AvgIpc) is 2.64. The monoisotopic (exact) mass is 443 g/mol. The fourth-order valence-electron chi connectivity index (χ4n) is 2.31. The van der Waals surface area contributed by atoms with Gasteiger partial charge in [-0.25, -0.2) is 8.42 Å². The van der Waals surface area contributed by atoms with Crippen LogP contribution in [-0.2, 0) is 26.2 Å². The quantitative estimate of drug-likeness (QED) is 0.550. The van der Waals surface area contributed by atoms with Crippen LogP contribution >= 0.6 is 23.2 Å². The lowest BCUT2D eigenvalue weighted by atomic mass is 10.1. The molecule has 28 heavy (non-hydrogen) atoms.